The highest BCUT2D eigenvalue weighted by Gasteiger charge is 2.43. The maximum atomic E-state index is 13.0. The van der Waals surface area contributed by atoms with Gasteiger partial charge in [0.2, 0.25) is 0 Å². The van der Waals surface area contributed by atoms with Gasteiger partial charge in [0, 0.05) is 12.7 Å². The van der Waals surface area contributed by atoms with Gasteiger partial charge in [-0.25, -0.2) is 18.2 Å². The van der Waals surface area contributed by atoms with Gasteiger partial charge in [-0.05, 0) is 27.6 Å². The first kappa shape index (κ1) is 10.9. The maximum absolute atomic E-state index is 13.0. The number of rotatable bonds is 2. The topological polar surface area (TPSA) is 16.1 Å². The minimum atomic E-state index is -2.58. The molecule has 15 heavy (non-hydrogen) atoms. The number of alkyl halides is 2. The number of pyridine rings is 1. The monoisotopic (exact) mass is 280 g/mol. The summed E-state index contributed by atoms with van der Waals surface area (Å²) >= 11 is 2.92. The number of hydrogen-bond donors (Lipinski definition) is 0. The Morgan fingerprint density at radius 2 is 2.13 bits per heavy atom. The van der Waals surface area contributed by atoms with Crippen molar-refractivity contribution in [2.75, 3.05) is 13.1 Å². The molecule has 0 saturated carbocycles. The quantitative estimate of drug-likeness (QED) is 0.774. The molecule has 1 aromatic heterocycles. The molecule has 1 fully saturated rings. The van der Waals surface area contributed by atoms with E-state index in [2.05, 4.69) is 20.9 Å². The molecule has 82 valence electrons. The van der Waals surface area contributed by atoms with Crippen molar-refractivity contribution in [2.45, 2.75) is 12.5 Å². The fraction of sp³-hybridized carbons (Fsp3) is 0.444. The maximum Gasteiger partial charge on any atom is 0.272 e. The summed E-state index contributed by atoms with van der Waals surface area (Å²) in [6.45, 7) is -0.206. The Morgan fingerprint density at radius 3 is 2.67 bits per heavy atom. The molecule has 0 bridgehead atoms. The third kappa shape index (κ3) is 2.49. The third-order valence-electron chi connectivity index (χ3n) is 2.17. The largest absolute Gasteiger partial charge is 0.287 e. The van der Waals surface area contributed by atoms with Crippen molar-refractivity contribution in [3.05, 3.63) is 28.2 Å². The van der Waals surface area contributed by atoms with Crippen LogP contribution in [0.1, 0.15) is 5.56 Å². The van der Waals surface area contributed by atoms with E-state index in [9.17, 15) is 13.2 Å². The molecule has 1 saturated heterocycles. The highest BCUT2D eigenvalue weighted by Crippen LogP contribution is 2.28. The summed E-state index contributed by atoms with van der Waals surface area (Å²) < 4.78 is 38.2. The van der Waals surface area contributed by atoms with E-state index >= 15 is 0 Å². The SMILES string of the molecule is Fc1cc(CN2CC(F)(F)C2)cnc1Br. The number of nitrogens with zero attached hydrogens (tertiary/aromatic N) is 2. The molecule has 1 aliphatic heterocycles. The van der Waals surface area contributed by atoms with Crippen LogP contribution in [-0.4, -0.2) is 28.9 Å². The highest BCUT2D eigenvalue weighted by atomic mass is 79.9. The Labute approximate surface area is 93.2 Å². The average Bonchev–Trinajstić information content (AvgIpc) is 2.08. The van der Waals surface area contributed by atoms with Gasteiger partial charge in [0.15, 0.2) is 5.82 Å². The molecule has 0 spiro atoms. The summed E-state index contributed by atoms with van der Waals surface area (Å²) in [5, 5.41) is 0. The van der Waals surface area contributed by atoms with E-state index in [1.165, 1.54) is 12.3 Å². The molecule has 0 aliphatic carbocycles. The van der Waals surface area contributed by atoms with E-state index in [0.29, 0.717) is 12.1 Å². The molecule has 0 unspecified atom stereocenters. The second-order valence-electron chi connectivity index (χ2n) is 3.62. The Balaban J connectivity index is 1.98. The van der Waals surface area contributed by atoms with Gasteiger partial charge in [-0.2, -0.15) is 0 Å². The molecule has 2 nitrogen and oxygen atoms in total. The Hall–Kier alpha value is -0.620. The second-order valence-corrected chi connectivity index (χ2v) is 4.37. The molecule has 1 aromatic rings. The van der Waals surface area contributed by atoms with E-state index in [-0.39, 0.29) is 17.7 Å². The van der Waals surface area contributed by atoms with E-state index < -0.39 is 11.7 Å². The van der Waals surface area contributed by atoms with Crippen LogP contribution in [0.25, 0.3) is 0 Å². The van der Waals surface area contributed by atoms with Gasteiger partial charge in [0.25, 0.3) is 5.92 Å². The fourth-order valence-electron chi connectivity index (χ4n) is 1.53. The molecular weight excluding hydrogens is 273 g/mol. The van der Waals surface area contributed by atoms with Crippen LogP contribution in [0.3, 0.4) is 0 Å². The summed E-state index contributed by atoms with van der Waals surface area (Å²) in [4.78, 5) is 5.30. The highest BCUT2D eigenvalue weighted by molar-refractivity contribution is 9.10. The first-order chi connectivity index (χ1) is 6.96. The van der Waals surface area contributed by atoms with Gasteiger partial charge < -0.3 is 0 Å². The third-order valence-corrected chi connectivity index (χ3v) is 2.75. The lowest BCUT2D eigenvalue weighted by Gasteiger charge is -2.38. The van der Waals surface area contributed by atoms with Crippen molar-refractivity contribution in [3.8, 4) is 0 Å². The van der Waals surface area contributed by atoms with Gasteiger partial charge in [-0.3, -0.25) is 4.90 Å². The minimum absolute atomic E-state index is 0.139. The van der Waals surface area contributed by atoms with Crippen molar-refractivity contribution >= 4 is 15.9 Å². The molecule has 1 aliphatic rings. The van der Waals surface area contributed by atoms with Crippen LogP contribution in [0.15, 0.2) is 16.9 Å². The van der Waals surface area contributed by atoms with Crippen LogP contribution in [0.4, 0.5) is 13.2 Å². The predicted molar refractivity (Wildman–Crippen MR) is 52.1 cm³/mol. The Kier molecular flexibility index (Phi) is 2.72. The van der Waals surface area contributed by atoms with Crippen molar-refractivity contribution < 1.29 is 13.2 Å². The molecule has 2 rings (SSSR count). The van der Waals surface area contributed by atoms with Crippen molar-refractivity contribution in [1.29, 1.82) is 0 Å². The van der Waals surface area contributed by atoms with E-state index in [4.69, 9.17) is 0 Å². The summed E-state index contributed by atoms with van der Waals surface area (Å²) in [6.07, 6.45) is 1.48. The van der Waals surface area contributed by atoms with Crippen molar-refractivity contribution in [3.63, 3.8) is 0 Å². The van der Waals surface area contributed by atoms with Crippen LogP contribution in [0.5, 0.6) is 0 Å². The first-order valence-electron chi connectivity index (χ1n) is 4.36. The Morgan fingerprint density at radius 1 is 1.47 bits per heavy atom. The molecular formula is C9H8BrF3N2. The minimum Gasteiger partial charge on any atom is -0.287 e. The zero-order chi connectivity index (χ0) is 11.1. The van der Waals surface area contributed by atoms with Crippen molar-refractivity contribution in [2.24, 2.45) is 0 Å². The van der Waals surface area contributed by atoms with E-state index in [1.807, 2.05) is 0 Å². The van der Waals surface area contributed by atoms with E-state index in [1.54, 1.807) is 4.90 Å². The number of hydrogen-bond acceptors (Lipinski definition) is 2. The fourth-order valence-corrected chi connectivity index (χ4v) is 1.74. The lowest BCUT2D eigenvalue weighted by Crippen LogP contribution is -2.55. The summed E-state index contributed by atoms with van der Waals surface area (Å²) in [6, 6.07) is 1.30. The number of halogens is 4. The normalized spacial score (nSPS) is 20.0. The van der Waals surface area contributed by atoms with Crippen LogP contribution >= 0.6 is 15.9 Å². The summed E-state index contributed by atoms with van der Waals surface area (Å²) in [5.74, 6) is -3.05. The molecule has 0 radical (unpaired) electrons. The van der Waals surface area contributed by atoms with Crippen LogP contribution in [-0.2, 0) is 6.54 Å². The van der Waals surface area contributed by atoms with Crippen molar-refractivity contribution in [1.82, 2.24) is 9.88 Å². The van der Waals surface area contributed by atoms with Gasteiger partial charge in [0.1, 0.15) is 4.60 Å². The van der Waals surface area contributed by atoms with Crippen LogP contribution < -0.4 is 0 Å². The molecule has 2 heterocycles. The number of aromatic nitrogens is 1. The average molecular weight is 281 g/mol. The van der Waals surface area contributed by atoms with Gasteiger partial charge in [-0.1, -0.05) is 0 Å². The molecule has 0 amide bonds. The standard InChI is InChI=1S/C9H8BrF3N2/c10-8-7(11)1-6(2-14-8)3-15-4-9(12,13)5-15/h1-2H,3-5H2. The smallest absolute Gasteiger partial charge is 0.272 e. The second kappa shape index (κ2) is 3.75. The lowest BCUT2D eigenvalue weighted by atomic mass is 10.1. The summed E-state index contributed by atoms with van der Waals surface area (Å²) in [7, 11) is 0. The zero-order valence-electron chi connectivity index (χ0n) is 7.68. The van der Waals surface area contributed by atoms with Gasteiger partial charge >= 0.3 is 0 Å². The molecule has 6 heteroatoms. The van der Waals surface area contributed by atoms with E-state index in [0.717, 1.165) is 0 Å². The van der Waals surface area contributed by atoms with Crippen LogP contribution in [0, 0.1) is 5.82 Å². The molecule has 0 aromatic carbocycles. The number of likely N-dealkylation sites (tertiary alicyclic amines) is 1. The lowest BCUT2D eigenvalue weighted by molar-refractivity contribution is -0.133. The zero-order valence-corrected chi connectivity index (χ0v) is 9.27. The first-order valence-corrected chi connectivity index (χ1v) is 5.16. The predicted octanol–water partition coefficient (Wildman–Crippen LogP) is 2.43. The molecule has 0 atom stereocenters. The van der Waals surface area contributed by atoms with Gasteiger partial charge in [0.05, 0.1) is 13.1 Å². The summed E-state index contributed by atoms with van der Waals surface area (Å²) in [5.41, 5.74) is 0.603. The van der Waals surface area contributed by atoms with Crippen LogP contribution in [0.2, 0.25) is 0 Å². The van der Waals surface area contributed by atoms with Gasteiger partial charge in [-0.15, -0.1) is 0 Å². The Bertz CT molecular complexity index is 376. The molecule has 0 N–H and O–H groups in total.